The van der Waals surface area contributed by atoms with Gasteiger partial charge >= 0.3 is 0 Å². The second-order valence-corrected chi connectivity index (χ2v) is 7.27. The van der Waals surface area contributed by atoms with Crippen molar-refractivity contribution in [3.8, 4) is 5.75 Å². The van der Waals surface area contributed by atoms with Crippen molar-refractivity contribution in [1.29, 1.82) is 0 Å². The van der Waals surface area contributed by atoms with Crippen molar-refractivity contribution in [2.24, 2.45) is 5.73 Å². The van der Waals surface area contributed by atoms with E-state index < -0.39 is 0 Å². The fourth-order valence-electron chi connectivity index (χ4n) is 3.45. The van der Waals surface area contributed by atoms with Gasteiger partial charge in [-0.25, -0.2) is 0 Å². The Kier molecular flexibility index (Phi) is 7.29. The van der Waals surface area contributed by atoms with Crippen LogP contribution in [0.25, 0.3) is 10.9 Å². The number of phenolic OH excluding ortho intramolecular Hbond substituents is 1. The Hall–Kier alpha value is -1.79. The van der Waals surface area contributed by atoms with Crippen LogP contribution in [0.1, 0.15) is 40.0 Å². The fourth-order valence-corrected chi connectivity index (χ4v) is 3.45. The summed E-state index contributed by atoms with van der Waals surface area (Å²) in [6, 6.07) is 6.39. The fraction of sp³-hybridized carbons (Fsp3) is 0.650. The van der Waals surface area contributed by atoms with Crippen molar-refractivity contribution in [2.45, 2.75) is 58.7 Å². The highest BCUT2D eigenvalue weighted by Crippen LogP contribution is 2.31. The standard InChI is InChI=1S/C20H35N5O/c1-6-16(10-12-21)24(7-2)20-18-14-17(26)8-9-19(18)25(22-20)13-11-15(3)23(4)5/h8-9,14-16,26H,6-7,10-13,21H2,1-5H3. The number of hydrogen-bond acceptors (Lipinski definition) is 5. The first-order chi connectivity index (χ1) is 12.4. The SMILES string of the molecule is CCC(CCN)N(CC)c1nn(CCC(C)N(C)C)c2ccc(O)cc12. The number of benzene rings is 1. The number of nitrogens with two attached hydrogens (primary N) is 1. The monoisotopic (exact) mass is 361 g/mol. The van der Waals surface area contributed by atoms with Crippen LogP contribution in [0, 0.1) is 0 Å². The first-order valence-corrected chi connectivity index (χ1v) is 9.75. The molecule has 0 aliphatic heterocycles. The van der Waals surface area contributed by atoms with E-state index in [2.05, 4.69) is 49.3 Å². The average Bonchev–Trinajstić information content (AvgIpc) is 2.97. The molecule has 0 saturated carbocycles. The number of nitrogens with zero attached hydrogens (tertiary/aromatic N) is 4. The molecule has 1 heterocycles. The highest BCUT2D eigenvalue weighted by atomic mass is 16.3. The molecule has 0 amide bonds. The Morgan fingerprint density at radius 3 is 2.54 bits per heavy atom. The Morgan fingerprint density at radius 1 is 1.23 bits per heavy atom. The molecule has 146 valence electrons. The molecule has 0 spiro atoms. The molecule has 0 fully saturated rings. The summed E-state index contributed by atoms with van der Waals surface area (Å²) in [5.74, 6) is 1.24. The van der Waals surface area contributed by atoms with Crippen molar-refractivity contribution >= 4 is 16.7 Å². The van der Waals surface area contributed by atoms with Crippen LogP contribution in [0.5, 0.6) is 5.75 Å². The van der Waals surface area contributed by atoms with Gasteiger partial charge in [0.1, 0.15) is 5.75 Å². The highest BCUT2D eigenvalue weighted by molar-refractivity contribution is 5.92. The molecule has 1 aromatic carbocycles. The third kappa shape index (κ3) is 4.48. The lowest BCUT2D eigenvalue weighted by Gasteiger charge is -2.30. The average molecular weight is 362 g/mol. The largest absolute Gasteiger partial charge is 0.508 e. The summed E-state index contributed by atoms with van der Waals surface area (Å²) < 4.78 is 2.09. The van der Waals surface area contributed by atoms with Crippen LogP contribution in [0.2, 0.25) is 0 Å². The number of fused-ring (bicyclic) bond motifs is 1. The van der Waals surface area contributed by atoms with E-state index in [9.17, 15) is 5.11 Å². The van der Waals surface area contributed by atoms with Gasteiger partial charge in [-0.15, -0.1) is 0 Å². The number of phenols is 1. The van der Waals surface area contributed by atoms with E-state index >= 15 is 0 Å². The summed E-state index contributed by atoms with van der Waals surface area (Å²) >= 11 is 0. The van der Waals surface area contributed by atoms with Crippen molar-refractivity contribution in [1.82, 2.24) is 14.7 Å². The van der Waals surface area contributed by atoms with E-state index in [1.54, 1.807) is 6.07 Å². The molecule has 2 atom stereocenters. The molecule has 6 heteroatoms. The summed E-state index contributed by atoms with van der Waals surface area (Å²) in [5.41, 5.74) is 6.90. The second-order valence-electron chi connectivity index (χ2n) is 7.27. The number of aromatic hydroxyl groups is 1. The molecule has 2 rings (SSSR count). The number of aromatic nitrogens is 2. The third-order valence-electron chi connectivity index (χ3n) is 5.38. The van der Waals surface area contributed by atoms with Gasteiger partial charge in [-0.05, 0) is 71.9 Å². The number of hydrogen-bond donors (Lipinski definition) is 2. The Labute approximate surface area is 157 Å². The van der Waals surface area contributed by atoms with Gasteiger partial charge in [-0.2, -0.15) is 5.10 Å². The molecular weight excluding hydrogens is 326 g/mol. The van der Waals surface area contributed by atoms with Crippen LogP contribution >= 0.6 is 0 Å². The normalized spacial score (nSPS) is 14.1. The van der Waals surface area contributed by atoms with Crippen LogP contribution in [-0.4, -0.2) is 59.1 Å². The molecule has 26 heavy (non-hydrogen) atoms. The molecule has 2 aromatic rings. The summed E-state index contributed by atoms with van der Waals surface area (Å²) in [4.78, 5) is 4.56. The van der Waals surface area contributed by atoms with Gasteiger partial charge in [-0.3, -0.25) is 4.68 Å². The van der Waals surface area contributed by atoms with Gasteiger partial charge in [0.25, 0.3) is 0 Å². The Balaban J connectivity index is 2.43. The lowest BCUT2D eigenvalue weighted by atomic mass is 10.1. The summed E-state index contributed by atoms with van der Waals surface area (Å²) in [5, 5.41) is 16.0. The molecule has 0 radical (unpaired) electrons. The molecule has 3 N–H and O–H groups in total. The second kappa shape index (κ2) is 9.24. The minimum atomic E-state index is 0.280. The summed E-state index contributed by atoms with van der Waals surface area (Å²) in [6.45, 7) is 8.96. The first-order valence-electron chi connectivity index (χ1n) is 9.75. The lowest BCUT2D eigenvalue weighted by molar-refractivity contribution is 0.286. The summed E-state index contributed by atoms with van der Waals surface area (Å²) in [7, 11) is 4.21. The lowest BCUT2D eigenvalue weighted by Crippen LogP contribution is -2.36. The smallest absolute Gasteiger partial charge is 0.158 e. The van der Waals surface area contributed by atoms with Gasteiger partial charge in [-0.1, -0.05) is 6.92 Å². The van der Waals surface area contributed by atoms with Crippen molar-refractivity contribution < 1.29 is 5.11 Å². The van der Waals surface area contributed by atoms with Crippen LogP contribution in [0.3, 0.4) is 0 Å². The van der Waals surface area contributed by atoms with Crippen LogP contribution in [0.15, 0.2) is 18.2 Å². The van der Waals surface area contributed by atoms with E-state index in [4.69, 9.17) is 10.8 Å². The molecule has 0 aliphatic carbocycles. The van der Waals surface area contributed by atoms with Gasteiger partial charge < -0.3 is 20.6 Å². The molecular formula is C20H35N5O. The molecule has 0 saturated heterocycles. The minimum Gasteiger partial charge on any atom is -0.508 e. The highest BCUT2D eigenvalue weighted by Gasteiger charge is 2.22. The van der Waals surface area contributed by atoms with Crippen molar-refractivity contribution in [3.63, 3.8) is 0 Å². The zero-order valence-corrected chi connectivity index (χ0v) is 16.9. The molecule has 0 aliphatic rings. The molecule has 2 unspecified atom stereocenters. The number of anilines is 1. The number of rotatable bonds is 10. The van der Waals surface area contributed by atoms with Gasteiger partial charge in [0, 0.05) is 30.6 Å². The van der Waals surface area contributed by atoms with Crippen molar-refractivity contribution in [2.75, 3.05) is 32.1 Å². The molecule has 0 bridgehead atoms. The minimum absolute atomic E-state index is 0.280. The van der Waals surface area contributed by atoms with E-state index in [1.807, 2.05) is 12.1 Å². The predicted octanol–water partition coefficient (Wildman–Crippen LogP) is 3.04. The maximum Gasteiger partial charge on any atom is 0.158 e. The van der Waals surface area contributed by atoms with Crippen LogP contribution in [0.4, 0.5) is 5.82 Å². The van der Waals surface area contributed by atoms with E-state index in [-0.39, 0.29) is 5.75 Å². The first kappa shape index (κ1) is 20.5. The Bertz CT molecular complexity index is 697. The van der Waals surface area contributed by atoms with E-state index in [1.165, 1.54) is 0 Å². The van der Waals surface area contributed by atoms with Gasteiger partial charge in [0.2, 0.25) is 0 Å². The summed E-state index contributed by atoms with van der Waals surface area (Å²) in [6.07, 6.45) is 2.99. The van der Waals surface area contributed by atoms with E-state index in [0.717, 1.165) is 49.1 Å². The molecule has 6 nitrogen and oxygen atoms in total. The quantitative estimate of drug-likeness (QED) is 0.681. The zero-order chi connectivity index (χ0) is 19.3. The van der Waals surface area contributed by atoms with Crippen molar-refractivity contribution in [3.05, 3.63) is 18.2 Å². The number of aryl methyl sites for hydroxylation is 1. The Morgan fingerprint density at radius 2 is 1.96 bits per heavy atom. The maximum absolute atomic E-state index is 10.0. The van der Waals surface area contributed by atoms with Crippen LogP contribution in [-0.2, 0) is 6.54 Å². The topological polar surface area (TPSA) is 70.5 Å². The maximum atomic E-state index is 10.0. The zero-order valence-electron chi connectivity index (χ0n) is 16.9. The molecule has 1 aromatic heterocycles. The third-order valence-corrected chi connectivity index (χ3v) is 5.38. The predicted molar refractivity (Wildman–Crippen MR) is 110 cm³/mol. The van der Waals surface area contributed by atoms with Gasteiger partial charge in [0.15, 0.2) is 5.82 Å². The van der Waals surface area contributed by atoms with E-state index in [0.29, 0.717) is 18.6 Å². The van der Waals surface area contributed by atoms with Crippen LogP contribution < -0.4 is 10.6 Å². The van der Waals surface area contributed by atoms with Gasteiger partial charge in [0.05, 0.1) is 5.52 Å².